The summed E-state index contributed by atoms with van der Waals surface area (Å²) in [4.78, 5) is 12.9. The number of rotatable bonds is 5. The summed E-state index contributed by atoms with van der Waals surface area (Å²) in [5.41, 5.74) is 0. The third kappa shape index (κ3) is 2.85. The molecule has 1 atom stereocenters. The van der Waals surface area contributed by atoms with Crippen LogP contribution in [0, 0.1) is 0 Å². The first kappa shape index (κ1) is 11.2. The molecule has 0 N–H and O–H groups in total. The highest BCUT2D eigenvalue weighted by atomic mass is 32.1. The molecule has 2 rings (SSSR count). The van der Waals surface area contributed by atoms with Crippen LogP contribution in [0.1, 0.15) is 36.5 Å². The summed E-state index contributed by atoms with van der Waals surface area (Å²) in [5, 5.41) is 3.23. The monoisotopic (exact) mass is 233 g/mol. The van der Waals surface area contributed by atoms with Crippen molar-refractivity contribution in [2.45, 2.75) is 32.1 Å². The SMILES string of the molecule is CCC(CCc1nccs1)c1ncccn1. The molecule has 0 spiro atoms. The molecule has 0 aliphatic carbocycles. The highest BCUT2D eigenvalue weighted by molar-refractivity contribution is 7.09. The van der Waals surface area contributed by atoms with Crippen LogP contribution in [0.15, 0.2) is 30.0 Å². The standard InChI is InChI=1S/C12H15N3S/c1-2-10(12-14-6-3-7-15-12)4-5-11-13-8-9-16-11/h3,6-10H,2,4-5H2,1H3. The molecule has 0 saturated carbocycles. The molecule has 0 radical (unpaired) electrons. The number of hydrogen-bond acceptors (Lipinski definition) is 4. The van der Waals surface area contributed by atoms with Gasteiger partial charge in [-0.1, -0.05) is 6.92 Å². The Bertz CT molecular complexity index is 399. The van der Waals surface area contributed by atoms with Gasteiger partial charge >= 0.3 is 0 Å². The first-order valence-corrected chi connectivity index (χ1v) is 6.43. The topological polar surface area (TPSA) is 38.7 Å². The number of nitrogens with zero attached hydrogens (tertiary/aromatic N) is 3. The molecule has 84 valence electrons. The minimum Gasteiger partial charge on any atom is -0.250 e. The fourth-order valence-corrected chi connectivity index (χ4v) is 2.35. The Kier molecular flexibility index (Phi) is 3.99. The fourth-order valence-electron chi connectivity index (χ4n) is 1.71. The fraction of sp³-hybridized carbons (Fsp3) is 0.417. The molecule has 0 amide bonds. The molecule has 0 fully saturated rings. The van der Waals surface area contributed by atoms with Gasteiger partial charge in [0, 0.05) is 29.9 Å². The van der Waals surface area contributed by atoms with Gasteiger partial charge in [0.1, 0.15) is 5.82 Å². The molecular formula is C12H15N3S. The molecular weight excluding hydrogens is 218 g/mol. The molecule has 1 unspecified atom stereocenters. The molecule has 0 saturated heterocycles. The van der Waals surface area contributed by atoms with Crippen molar-refractivity contribution in [1.82, 2.24) is 15.0 Å². The van der Waals surface area contributed by atoms with E-state index < -0.39 is 0 Å². The number of thiazole rings is 1. The normalized spacial score (nSPS) is 12.6. The van der Waals surface area contributed by atoms with E-state index in [1.807, 2.05) is 30.0 Å². The van der Waals surface area contributed by atoms with Crippen LogP contribution in [-0.4, -0.2) is 15.0 Å². The summed E-state index contributed by atoms with van der Waals surface area (Å²) >= 11 is 1.72. The first-order valence-electron chi connectivity index (χ1n) is 5.55. The summed E-state index contributed by atoms with van der Waals surface area (Å²) in [6.45, 7) is 2.18. The van der Waals surface area contributed by atoms with Crippen LogP contribution in [0.5, 0.6) is 0 Å². The van der Waals surface area contributed by atoms with Gasteiger partial charge in [-0.05, 0) is 25.3 Å². The Labute approximate surface area is 99.6 Å². The minimum absolute atomic E-state index is 0.449. The summed E-state index contributed by atoms with van der Waals surface area (Å²) in [7, 11) is 0. The second-order valence-corrected chi connectivity index (χ2v) is 4.66. The van der Waals surface area contributed by atoms with Crippen molar-refractivity contribution in [3.63, 3.8) is 0 Å². The van der Waals surface area contributed by atoms with Crippen LogP contribution in [-0.2, 0) is 6.42 Å². The molecule has 0 aromatic carbocycles. The second kappa shape index (κ2) is 5.70. The average molecular weight is 233 g/mol. The van der Waals surface area contributed by atoms with E-state index in [1.165, 1.54) is 5.01 Å². The molecule has 0 aliphatic heterocycles. The lowest BCUT2D eigenvalue weighted by atomic mass is 9.99. The number of aromatic nitrogens is 3. The van der Waals surface area contributed by atoms with E-state index in [9.17, 15) is 0 Å². The van der Waals surface area contributed by atoms with Crippen molar-refractivity contribution in [2.75, 3.05) is 0 Å². The van der Waals surface area contributed by atoms with Gasteiger partial charge in [0.05, 0.1) is 5.01 Å². The van der Waals surface area contributed by atoms with Crippen LogP contribution in [0.25, 0.3) is 0 Å². The maximum atomic E-state index is 4.32. The lowest BCUT2D eigenvalue weighted by molar-refractivity contribution is 0.571. The van der Waals surface area contributed by atoms with Gasteiger partial charge in [0.15, 0.2) is 0 Å². The quantitative estimate of drug-likeness (QED) is 0.796. The van der Waals surface area contributed by atoms with Gasteiger partial charge in [-0.25, -0.2) is 15.0 Å². The molecule has 0 aliphatic rings. The summed E-state index contributed by atoms with van der Waals surface area (Å²) in [6, 6.07) is 1.86. The first-order chi connectivity index (χ1) is 7.90. The van der Waals surface area contributed by atoms with E-state index in [-0.39, 0.29) is 0 Å². The predicted octanol–water partition coefficient (Wildman–Crippen LogP) is 3.06. The lowest BCUT2D eigenvalue weighted by Gasteiger charge is -2.11. The zero-order valence-electron chi connectivity index (χ0n) is 9.34. The summed E-state index contributed by atoms with van der Waals surface area (Å²) in [5.74, 6) is 1.41. The van der Waals surface area contributed by atoms with Crippen molar-refractivity contribution < 1.29 is 0 Å². The van der Waals surface area contributed by atoms with Crippen LogP contribution < -0.4 is 0 Å². The Morgan fingerprint density at radius 2 is 2.00 bits per heavy atom. The Morgan fingerprint density at radius 3 is 2.62 bits per heavy atom. The third-order valence-electron chi connectivity index (χ3n) is 2.63. The van der Waals surface area contributed by atoms with Crippen LogP contribution in [0.2, 0.25) is 0 Å². The molecule has 0 bridgehead atoms. The van der Waals surface area contributed by atoms with Crippen LogP contribution >= 0.6 is 11.3 Å². The van der Waals surface area contributed by atoms with E-state index in [0.717, 1.165) is 25.1 Å². The van der Waals surface area contributed by atoms with Crippen LogP contribution in [0.3, 0.4) is 0 Å². The van der Waals surface area contributed by atoms with Gasteiger partial charge in [0.25, 0.3) is 0 Å². The summed E-state index contributed by atoms with van der Waals surface area (Å²) in [6.07, 6.45) is 8.67. The molecule has 2 heterocycles. The highest BCUT2D eigenvalue weighted by Crippen LogP contribution is 2.22. The van der Waals surface area contributed by atoms with Gasteiger partial charge in [0.2, 0.25) is 0 Å². The van der Waals surface area contributed by atoms with Gasteiger partial charge < -0.3 is 0 Å². The molecule has 3 nitrogen and oxygen atoms in total. The average Bonchev–Trinajstić information content (AvgIpc) is 2.84. The van der Waals surface area contributed by atoms with E-state index in [4.69, 9.17) is 0 Å². The maximum Gasteiger partial charge on any atom is 0.131 e. The van der Waals surface area contributed by atoms with Gasteiger partial charge in [-0.2, -0.15) is 0 Å². The molecule has 16 heavy (non-hydrogen) atoms. The van der Waals surface area contributed by atoms with Crippen molar-refractivity contribution >= 4 is 11.3 Å². The van der Waals surface area contributed by atoms with Crippen molar-refractivity contribution in [3.05, 3.63) is 40.9 Å². The Balaban J connectivity index is 1.96. The zero-order chi connectivity index (χ0) is 11.2. The zero-order valence-corrected chi connectivity index (χ0v) is 10.2. The van der Waals surface area contributed by atoms with E-state index in [0.29, 0.717) is 5.92 Å². The molecule has 2 aromatic heterocycles. The predicted molar refractivity (Wildman–Crippen MR) is 65.5 cm³/mol. The second-order valence-electron chi connectivity index (χ2n) is 3.68. The van der Waals surface area contributed by atoms with E-state index in [1.54, 1.807) is 11.3 Å². The highest BCUT2D eigenvalue weighted by Gasteiger charge is 2.12. The van der Waals surface area contributed by atoms with Crippen molar-refractivity contribution in [3.8, 4) is 0 Å². The Morgan fingerprint density at radius 1 is 1.19 bits per heavy atom. The van der Waals surface area contributed by atoms with Crippen molar-refractivity contribution in [2.24, 2.45) is 0 Å². The van der Waals surface area contributed by atoms with E-state index in [2.05, 4.69) is 21.9 Å². The smallest absolute Gasteiger partial charge is 0.131 e. The minimum atomic E-state index is 0.449. The summed E-state index contributed by atoms with van der Waals surface area (Å²) < 4.78 is 0. The van der Waals surface area contributed by atoms with Gasteiger partial charge in [-0.3, -0.25) is 0 Å². The maximum absolute atomic E-state index is 4.32. The lowest BCUT2D eigenvalue weighted by Crippen LogP contribution is -2.04. The Hall–Kier alpha value is -1.29. The van der Waals surface area contributed by atoms with Gasteiger partial charge in [-0.15, -0.1) is 11.3 Å². The number of hydrogen-bond donors (Lipinski definition) is 0. The van der Waals surface area contributed by atoms with Crippen LogP contribution in [0.4, 0.5) is 0 Å². The third-order valence-corrected chi connectivity index (χ3v) is 3.47. The number of aryl methyl sites for hydroxylation is 1. The largest absolute Gasteiger partial charge is 0.250 e. The molecule has 4 heteroatoms. The van der Waals surface area contributed by atoms with Crippen molar-refractivity contribution in [1.29, 1.82) is 0 Å². The molecule has 2 aromatic rings. The van der Waals surface area contributed by atoms with E-state index >= 15 is 0 Å².